The molecule has 0 spiro atoms. The largest absolute Gasteiger partial charge is 0.336 e. The van der Waals surface area contributed by atoms with Crippen molar-refractivity contribution >= 4 is 42.9 Å². The van der Waals surface area contributed by atoms with Crippen molar-refractivity contribution in [2.75, 3.05) is 24.2 Å². The molecule has 2 saturated heterocycles. The molecule has 30 heavy (non-hydrogen) atoms. The zero-order valence-corrected chi connectivity index (χ0v) is 19.2. The Labute approximate surface area is 181 Å². The van der Waals surface area contributed by atoms with Crippen LogP contribution < -0.4 is 10.5 Å². The highest BCUT2D eigenvalue weighted by molar-refractivity contribution is 9.10. The number of hydrogen-bond donors (Lipinski definition) is 1. The molecule has 9 nitrogen and oxygen atoms in total. The van der Waals surface area contributed by atoms with Crippen LogP contribution in [-0.4, -0.2) is 63.9 Å². The van der Waals surface area contributed by atoms with E-state index >= 15 is 0 Å². The van der Waals surface area contributed by atoms with Crippen LogP contribution in [0.3, 0.4) is 0 Å². The number of nitrogens with one attached hydrogen (secondary N) is 1. The van der Waals surface area contributed by atoms with E-state index in [0.717, 1.165) is 27.7 Å². The molecule has 0 radical (unpaired) electrons. The van der Waals surface area contributed by atoms with Gasteiger partial charge in [0.1, 0.15) is 5.39 Å². The molecule has 2 aliphatic heterocycles. The van der Waals surface area contributed by atoms with Crippen LogP contribution in [0.2, 0.25) is 0 Å². The lowest BCUT2D eigenvalue weighted by Crippen LogP contribution is -2.49. The molecule has 5 rings (SSSR count). The van der Waals surface area contributed by atoms with Gasteiger partial charge in [-0.15, -0.1) is 5.10 Å². The number of nitrogens with zero attached hydrogens (tertiary/aromatic N) is 5. The van der Waals surface area contributed by atoms with Gasteiger partial charge in [0.25, 0.3) is 5.56 Å². The minimum atomic E-state index is -3.23. The van der Waals surface area contributed by atoms with Gasteiger partial charge in [0, 0.05) is 35.8 Å². The molecule has 158 valence electrons. The third kappa shape index (κ3) is 3.07. The first-order chi connectivity index (χ1) is 14.1. The molecule has 11 heteroatoms. The zero-order valence-electron chi connectivity index (χ0n) is 16.8. The summed E-state index contributed by atoms with van der Waals surface area (Å²) in [5.41, 5.74) is 3.10. The minimum Gasteiger partial charge on any atom is -0.336 e. The second-order valence-electron chi connectivity index (χ2n) is 8.12. The molecule has 0 aliphatic carbocycles. The van der Waals surface area contributed by atoms with Crippen LogP contribution in [0.5, 0.6) is 0 Å². The molecule has 3 aromatic rings. The molecule has 2 unspecified atom stereocenters. The molecule has 2 aromatic heterocycles. The number of rotatable bonds is 3. The standard InChI is InChI=1S/C19H21BrN6O3S/c1-10-4-12(20)5-11(2)16(10)25-9-15-17(23-25)21-19(22-18(15)27)24-7-14-6-13(24)8-26(14)30(3,28)29/h4-5,9,13-14H,6-8H2,1-3H3,(H,21,22,23,27). The lowest BCUT2D eigenvalue weighted by Gasteiger charge is -2.32. The number of fused-ring (bicyclic) bond motifs is 3. The van der Waals surface area contributed by atoms with E-state index in [1.54, 1.807) is 15.2 Å². The van der Waals surface area contributed by atoms with Gasteiger partial charge < -0.3 is 4.90 Å². The van der Waals surface area contributed by atoms with Crippen molar-refractivity contribution in [3.8, 4) is 5.69 Å². The molecule has 2 aliphatic rings. The number of sulfonamides is 1. The van der Waals surface area contributed by atoms with Gasteiger partial charge in [0.05, 0.1) is 11.9 Å². The van der Waals surface area contributed by atoms with Crippen molar-refractivity contribution in [1.82, 2.24) is 24.1 Å². The number of aromatic amines is 1. The van der Waals surface area contributed by atoms with Crippen molar-refractivity contribution in [2.24, 2.45) is 0 Å². The topological polar surface area (TPSA) is 104 Å². The fourth-order valence-electron chi connectivity index (χ4n) is 4.72. The predicted molar refractivity (Wildman–Crippen MR) is 118 cm³/mol. The summed E-state index contributed by atoms with van der Waals surface area (Å²) in [6.07, 6.45) is 3.68. The third-order valence-corrected chi connectivity index (χ3v) is 7.71. The molecule has 1 N–H and O–H groups in total. The molecule has 2 bridgehead atoms. The summed E-state index contributed by atoms with van der Waals surface area (Å²) in [5, 5.41) is 5.00. The van der Waals surface area contributed by atoms with Gasteiger partial charge in [0.2, 0.25) is 16.0 Å². The number of aromatic nitrogens is 4. The van der Waals surface area contributed by atoms with Crippen molar-refractivity contribution < 1.29 is 8.42 Å². The number of halogens is 1. The van der Waals surface area contributed by atoms with E-state index in [0.29, 0.717) is 30.1 Å². The first-order valence-electron chi connectivity index (χ1n) is 9.62. The Morgan fingerprint density at radius 3 is 2.47 bits per heavy atom. The average Bonchev–Trinajstić information content (AvgIpc) is 3.33. The normalized spacial score (nSPS) is 21.8. The van der Waals surface area contributed by atoms with E-state index in [9.17, 15) is 13.2 Å². The number of aryl methyl sites for hydroxylation is 2. The van der Waals surface area contributed by atoms with Crippen LogP contribution in [0.15, 0.2) is 27.6 Å². The van der Waals surface area contributed by atoms with Crippen molar-refractivity contribution in [2.45, 2.75) is 32.4 Å². The summed E-state index contributed by atoms with van der Waals surface area (Å²) < 4.78 is 28.1. The molecule has 1 aromatic carbocycles. The first-order valence-corrected chi connectivity index (χ1v) is 12.3. The maximum Gasteiger partial charge on any atom is 0.263 e. The quantitative estimate of drug-likeness (QED) is 0.596. The summed E-state index contributed by atoms with van der Waals surface area (Å²) in [6.45, 7) is 4.92. The van der Waals surface area contributed by atoms with Gasteiger partial charge in [-0.3, -0.25) is 9.78 Å². The zero-order chi connectivity index (χ0) is 21.4. The molecule has 4 heterocycles. The number of anilines is 1. The predicted octanol–water partition coefficient (Wildman–Crippen LogP) is 1.71. The Bertz CT molecular complexity index is 1330. The maximum atomic E-state index is 12.8. The Morgan fingerprint density at radius 2 is 1.87 bits per heavy atom. The van der Waals surface area contributed by atoms with Gasteiger partial charge in [-0.25, -0.2) is 13.1 Å². The van der Waals surface area contributed by atoms with Crippen molar-refractivity contribution in [1.29, 1.82) is 0 Å². The number of hydrogen-bond acceptors (Lipinski definition) is 6. The summed E-state index contributed by atoms with van der Waals surface area (Å²) in [7, 11) is -3.23. The second-order valence-corrected chi connectivity index (χ2v) is 11.0. The van der Waals surface area contributed by atoms with E-state index in [1.807, 2.05) is 30.9 Å². The van der Waals surface area contributed by atoms with Gasteiger partial charge in [-0.2, -0.15) is 9.29 Å². The fourth-order valence-corrected chi connectivity index (χ4v) is 6.54. The lowest BCUT2D eigenvalue weighted by molar-refractivity contribution is 0.370. The molecule has 0 amide bonds. The smallest absolute Gasteiger partial charge is 0.263 e. The van der Waals surface area contributed by atoms with Gasteiger partial charge in [0.15, 0.2) is 5.65 Å². The van der Waals surface area contributed by atoms with E-state index in [2.05, 4.69) is 31.0 Å². The van der Waals surface area contributed by atoms with E-state index in [4.69, 9.17) is 0 Å². The van der Waals surface area contributed by atoms with E-state index in [1.165, 1.54) is 6.26 Å². The molecular weight excluding hydrogens is 472 g/mol. The SMILES string of the molecule is Cc1cc(Br)cc(C)c1-n1cc2c(=O)[nH]c(N3CC4CC3CN4S(C)(=O)=O)nc2n1. The molecular formula is C19H21BrN6O3S. The van der Waals surface area contributed by atoms with Crippen LogP contribution >= 0.6 is 15.9 Å². The Kier molecular flexibility index (Phi) is 4.35. The highest BCUT2D eigenvalue weighted by Gasteiger charge is 2.47. The number of benzene rings is 1. The van der Waals surface area contributed by atoms with Crippen LogP contribution in [-0.2, 0) is 10.0 Å². The van der Waals surface area contributed by atoms with Crippen molar-refractivity contribution in [3.63, 3.8) is 0 Å². The van der Waals surface area contributed by atoms with Crippen LogP contribution in [0.4, 0.5) is 5.95 Å². The second kappa shape index (κ2) is 6.63. The monoisotopic (exact) mass is 492 g/mol. The Balaban J connectivity index is 1.53. The fraction of sp³-hybridized carbons (Fsp3) is 0.421. The maximum absolute atomic E-state index is 12.8. The summed E-state index contributed by atoms with van der Waals surface area (Å²) in [6, 6.07) is 3.93. The average molecular weight is 493 g/mol. The highest BCUT2D eigenvalue weighted by Crippen LogP contribution is 2.34. The summed E-state index contributed by atoms with van der Waals surface area (Å²) in [5.74, 6) is 0.447. The Hall–Kier alpha value is -2.24. The highest BCUT2D eigenvalue weighted by atomic mass is 79.9. The van der Waals surface area contributed by atoms with Gasteiger partial charge in [-0.1, -0.05) is 15.9 Å². The van der Waals surface area contributed by atoms with Crippen LogP contribution in [0.25, 0.3) is 16.7 Å². The third-order valence-electron chi connectivity index (χ3n) is 5.95. The van der Waals surface area contributed by atoms with Crippen molar-refractivity contribution in [3.05, 3.63) is 44.3 Å². The Morgan fingerprint density at radius 1 is 1.17 bits per heavy atom. The van der Waals surface area contributed by atoms with Gasteiger partial charge >= 0.3 is 0 Å². The van der Waals surface area contributed by atoms with E-state index < -0.39 is 10.0 Å². The van der Waals surface area contributed by atoms with Gasteiger partial charge in [-0.05, 0) is 43.5 Å². The first kappa shape index (κ1) is 19.7. The van der Waals surface area contributed by atoms with Crippen LogP contribution in [0.1, 0.15) is 17.5 Å². The summed E-state index contributed by atoms with van der Waals surface area (Å²) >= 11 is 3.50. The molecule has 2 atom stereocenters. The lowest BCUT2D eigenvalue weighted by atomic mass is 10.1. The van der Waals surface area contributed by atoms with Crippen LogP contribution in [0, 0.1) is 13.8 Å². The minimum absolute atomic E-state index is 0.00312. The molecule has 2 fully saturated rings. The van der Waals surface area contributed by atoms with E-state index in [-0.39, 0.29) is 17.6 Å². The number of H-pyrrole nitrogens is 1. The summed E-state index contributed by atoms with van der Waals surface area (Å²) in [4.78, 5) is 22.2. The number of piperazine rings is 1. The molecule has 0 saturated carbocycles.